The van der Waals surface area contributed by atoms with Crippen molar-refractivity contribution in [1.82, 2.24) is 4.98 Å². The van der Waals surface area contributed by atoms with E-state index in [2.05, 4.69) is 31.1 Å². The number of rotatable bonds is 5. The van der Waals surface area contributed by atoms with Crippen LogP contribution in [0, 0.1) is 11.8 Å². The third-order valence-electron chi connectivity index (χ3n) is 2.88. The summed E-state index contributed by atoms with van der Waals surface area (Å²) < 4.78 is 0. The maximum Gasteiger partial charge on any atom is 0.354 e. The van der Waals surface area contributed by atoms with Gasteiger partial charge in [0.1, 0.15) is 5.82 Å². The lowest BCUT2D eigenvalue weighted by atomic mass is 9.98. The van der Waals surface area contributed by atoms with Gasteiger partial charge in [0.15, 0.2) is 5.69 Å². The number of hydrogen-bond donors (Lipinski definition) is 3. The fraction of sp³-hybridized carbons (Fsp3) is 0.500. The number of anilines is 2. The highest BCUT2D eigenvalue weighted by Crippen LogP contribution is 2.17. The monoisotopic (exact) mass is 237 g/mol. The summed E-state index contributed by atoms with van der Waals surface area (Å²) in [5.74, 6) is 0.401. The smallest absolute Gasteiger partial charge is 0.354 e. The van der Waals surface area contributed by atoms with Crippen LogP contribution < -0.4 is 11.1 Å². The molecule has 94 valence electrons. The Labute approximate surface area is 101 Å². The van der Waals surface area contributed by atoms with Gasteiger partial charge in [-0.15, -0.1) is 0 Å². The highest BCUT2D eigenvalue weighted by molar-refractivity contribution is 5.86. The molecule has 0 amide bonds. The average Bonchev–Trinajstić information content (AvgIpc) is 2.26. The molecule has 17 heavy (non-hydrogen) atoms. The summed E-state index contributed by atoms with van der Waals surface area (Å²) in [7, 11) is 0. The number of nitrogens with one attached hydrogen (secondary N) is 1. The normalized spacial score (nSPS) is 12.5. The molecule has 5 nitrogen and oxygen atoms in total. The second-order valence-electron chi connectivity index (χ2n) is 4.54. The maximum absolute atomic E-state index is 10.8. The van der Waals surface area contributed by atoms with E-state index in [-0.39, 0.29) is 5.69 Å². The summed E-state index contributed by atoms with van der Waals surface area (Å²) >= 11 is 0. The summed E-state index contributed by atoms with van der Waals surface area (Å²) in [5, 5.41) is 11.9. The van der Waals surface area contributed by atoms with Crippen molar-refractivity contribution in [2.24, 2.45) is 11.8 Å². The van der Waals surface area contributed by atoms with Crippen LogP contribution >= 0.6 is 0 Å². The van der Waals surface area contributed by atoms with Crippen molar-refractivity contribution < 1.29 is 9.90 Å². The molecule has 0 fully saturated rings. The minimum Gasteiger partial charge on any atom is -0.477 e. The fourth-order valence-electron chi connectivity index (χ4n) is 1.22. The molecule has 0 spiro atoms. The molecule has 1 rings (SSSR count). The molecular formula is C12H19N3O2. The van der Waals surface area contributed by atoms with Crippen LogP contribution in [0.2, 0.25) is 0 Å². The first-order chi connectivity index (χ1) is 7.91. The van der Waals surface area contributed by atoms with Crippen molar-refractivity contribution in [2.45, 2.75) is 20.8 Å². The summed E-state index contributed by atoms with van der Waals surface area (Å²) in [4.78, 5) is 14.7. The number of nitrogens with two attached hydrogens (primary N) is 1. The van der Waals surface area contributed by atoms with E-state index in [4.69, 9.17) is 10.8 Å². The van der Waals surface area contributed by atoms with Crippen LogP contribution in [0.3, 0.4) is 0 Å². The van der Waals surface area contributed by atoms with Crippen LogP contribution in [-0.2, 0) is 0 Å². The molecule has 4 N–H and O–H groups in total. The van der Waals surface area contributed by atoms with Crippen molar-refractivity contribution in [2.75, 3.05) is 17.6 Å². The summed E-state index contributed by atoms with van der Waals surface area (Å²) in [6, 6.07) is 2.95. The number of nitrogen functional groups attached to an aromatic ring is 1. The van der Waals surface area contributed by atoms with Gasteiger partial charge in [-0.3, -0.25) is 0 Å². The van der Waals surface area contributed by atoms with E-state index in [9.17, 15) is 4.79 Å². The van der Waals surface area contributed by atoms with Crippen molar-refractivity contribution in [3.63, 3.8) is 0 Å². The van der Waals surface area contributed by atoms with Crippen molar-refractivity contribution in [3.8, 4) is 0 Å². The molecule has 0 aliphatic carbocycles. The average molecular weight is 237 g/mol. The molecule has 0 radical (unpaired) electrons. The zero-order valence-electron chi connectivity index (χ0n) is 10.4. The molecule has 0 saturated carbocycles. The SMILES string of the molecule is CC(C)C(C)CNc1nc(C(=O)O)ccc1N. The van der Waals surface area contributed by atoms with Gasteiger partial charge in [-0.1, -0.05) is 20.8 Å². The Kier molecular flexibility index (Phi) is 4.31. The highest BCUT2D eigenvalue weighted by Gasteiger charge is 2.11. The lowest BCUT2D eigenvalue weighted by Crippen LogP contribution is -2.18. The van der Waals surface area contributed by atoms with Crippen molar-refractivity contribution in [3.05, 3.63) is 17.8 Å². The third-order valence-corrected chi connectivity index (χ3v) is 2.88. The molecule has 5 heteroatoms. The zero-order chi connectivity index (χ0) is 13.0. The number of hydrogen-bond acceptors (Lipinski definition) is 4. The molecular weight excluding hydrogens is 218 g/mol. The highest BCUT2D eigenvalue weighted by atomic mass is 16.4. The Hall–Kier alpha value is -1.78. The molecule has 0 saturated heterocycles. The summed E-state index contributed by atoms with van der Waals surface area (Å²) in [6.45, 7) is 7.11. The van der Waals surface area contributed by atoms with Crippen LogP contribution in [0.1, 0.15) is 31.3 Å². The standard InChI is InChI=1S/C12H19N3O2/c1-7(2)8(3)6-14-11-9(13)4-5-10(15-11)12(16)17/h4-5,7-8H,6,13H2,1-3H3,(H,14,15)(H,16,17). The van der Waals surface area contributed by atoms with Gasteiger partial charge >= 0.3 is 5.97 Å². The molecule has 1 aromatic heterocycles. The number of pyridine rings is 1. The topological polar surface area (TPSA) is 88.2 Å². The van der Waals surface area contributed by atoms with E-state index in [1.165, 1.54) is 6.07 Å². The van der Waals surface area contributed by atoms with Crippen LogP contribution in [-0.4, -0.2) is 22.6 Å². The summed E-state index contributed by atoms with van der Waals surface area (Å²) in [5.41, 5.74) is 6.20. The first-order valence-electron chi connectivity index (χ1n) is 5.65. The number of aromatic carboxylic acids is 1. The van der Waals surface area contributed by atoms with Gasteiger partial charge in [-0.25, -0.2) is 9.78 Å². The predicted octanol–water partition coefficient (Wildman–Crippen LogP) is 2.07. The van der Waals surface area contributed by atoms with Crippen LogP contribution in [0.4, 0.5) is 11.5 Å². The number of carboxylic acids is 1. The van der Waals surface area contributed by atoms with Crippen LogP contribution in [0.5, 0.6) is 0 Å². The van der Waals surface area contributed by atoms with Crippen molar-refractivity contribution >= 4 is 17.5 Å². The molecule has 0 bridgehead atoms. The second kappa shape index (κ2) is 5.52. The Bertz CT molecular complexity index is 405. The third kappa shape index (κ3) is 3.62. The van der Waals surface area contributed by atoms with Crippen molar-refractivity contribution in [1.29, 1.82) is 0 Å². The molecule has 0 aromatic carbocycles. The maximum atomic E-state index is 10.8. The van der Waals surface area contributed by atoms with Gasteiger partial charge < -0.3 is 16.2 Å². The van der Waals surface area contributed by atoms with Gasteiger partial charge in [-0.05, 0) is 24.0 Å². The van der Waals surface area contributed by atoms with Gasteiger partial charge in [0.05, 0.1) is 5.69 Å². The first kappa shape index (κ1) is 13.3. The number of aromatic nitrogens is 1. The number of carbonyl (C=O) groups is 1. The molecule has 0 aliphatic heterocycles. The van der Waals surface area contributed by atoms with E-state index >= 15 is 0 Å². The molecule has 0 aliphatic rings. The molecule has 1 heterocycles. The molecule has 1 atom stereocenters. The van der Waals surface area contributed by atoms with Crippen LogP contribution in [0.25, 0.3) is 0 Å². The number of nitrogens with zero attached hydrogens (tertiary/aromatic N) is 1. The Balaban J connectivity index is 2.76. The predicted molar refractivity (Wildman–Crippen MR) is 68.1 cm³/mol. The van der Waals surface area contributed by atoms with E-state index < -0.39 is 5.97 Å². The van der Waals surface area contributed by atoms with Gasteiger partial charge in [0.25, 0.3) is 0 Å². The molecule has 1 aromatic rings. The van der Waals surface area contributed by atoms with E-state index in [1.807, 2.05) is 0 Å². The van der Waals surface area contributed by atoms with E-state index in [0.29, 0.717) is 23.3 Å². The molecule has 1 unspecified atom stereocenters. The van der Waals surface area contributed by atoms with E-state index in [0.717, 1.165) is 6.54 Å². The fourth-order valence-corrected chi connectivity index (χ4v) is 1.22. The largest absolute Gasteiger partial charge is 0.477 e. The Morgan fingerprint density at radius 2 is 2.12 bits per heavy atom. The zero-order valence-corrected chi connectivity index (χ0v) is 10.4. The first-order valence-corrected chi connectivity index (χ1v) is 5.65. The Morgan fingerprint density at radius 3 is 2.65 bits per heavy atom. The van der Waals surface area contributed by atoms with Crippen LogP contribution in [0.15, 0.2) is 12.1 Å². The minimum atomic E-state index is -1.05. The second-order valence-corrected chi connectivity index (χ2v) is 4.54. The number of carboxylic acid groups (broad SMARTS) is 1. The lowest BCUT2D eigenvalue weighted by Gasteiger charge is -2.17. The lowest BCUT2D eigenvalue weighted by molar-refractivity contribution is 0.0690. The Morgan fingerprint density at radius 1 is 1.47 bits per heavy atom. The quantitative estimate of drug-likeness (QED) is 0.729. The van der Waals surface area contributed by atoms with E-state index in [1.54, 1.807) is 6.07 Å². The van der Waals surface area contributed by atoms with Gasteiger partial charge in [-0.2, -0.15) is 0 Å². The minimum absolute atomic E-state index is 0.00102. The van der Waals surface area contributed by atoms with Gasteiger partial charge in [0, 0.05) is 6.54 Å². The van der Waals surface area contributed by atoms with Gasteiger partial charge in [0.2, 0.25) is 0 Å². The summed E-state index contributed by atoms with van der Waals surface area (Å²) in [6.07, 6.45) is 0.